The Morgan fingerprint density at radius 1 is 1.21 bits per heavy atom. The van der Waals surface area contributed by atoms with Crippen molar-refractivity contribution in [2.75, 3.05) is 5.32 Å². The third kappa shape index (κ3) is 2.62. The molecule has 0 radical (unpaired) electrons. The molecule has 0 bridgehead atoms. The van der Waals surface area contributed by atoms with Crippen LogP contribution in [-0.2, 0) is 0 Å². The second-order valence-corrected chi connectivity index (χ2v) is 5.20. The van der Waals surface area contributed by atoms with Gasteiger partial charge < -0.3 is 9.73 Å². The molecule has 0 saturated heterocycles. The first-order valence-electron chi connectivity index (χ1n) is 6.89. The van der Waals surface area contributed by atoms with Gasteiger partial charge in [-0.2, -0.15) is 0 Å². The van der Waals surface area contributed by atoms with Crippen molar-refractivity contribution in [1.82, 2.24) is 9.97 Å². The van der Waals surface area contributed by atoms with Crippen molar-refractivity contribution in [1.29, 1.82) is 0 Å². The van der Waals surface area contributed by atoms with E-state index in [1.165, 1.54) is 25.7 Å². The Kier molecular flexibility index (Phi) is 3.23. The van der Waals surface area contributed by atoms with Crippen molar-refractivity contribution in [2.45, 2.75) is 45.6 Å². The number of anilines is 1. The molecule has 2 aromatic rings. The molecule has 4 heteroatoms. The van der Waals surface area contributed by atoms with E-state index in [-0.39, 0.29) is 0 Å². The normalized spacial score (nSPS) is 15.9. The summed E-state index contributed by atoms with van der Waals surface area (Å²) in [6.45, 7) is 3.79. The zero-order valence-corrected chi connectivity index (χ0v) is 11.4. The lowest BCUT2D eigenvalue weighted by atomic mass is 10.2. The fourth-order valence-corrected chi connectivity index (χ4v) is 2.70. The molecule has 0 spiro atoms. The van der Waals surface area contributed by atoms with Crippen LogP contribution < -0.4 is 5.32 Å². The third-order valence-corrected chi connectivity index (χ3v) is 3.65. The Labute approximate surface area is 113 Å². The number of oxazole rings is 1. The van der Waals surface area contributed by atoms with Gasteiger partial charge in [0.1, 0.15) is 17.3 Å². The predicted octanol–water partition coefficient (Wildman–Crippen LogP) is 3.71. The van der Waals surface area contributed by atoms with Crippen LogP contribution in [0.25, 0.3) is 11.3 Å². The number of nitrogens with zero attached hydrogens (tertiary/aromatic N) is 2. The Bertz CT molecular complexity index is 553. The number of hydrogen-bond donors (Lipinski definition) is 1. The minimum absolute atomic E-state index is 0.592. The van der Waals surface area contributed by atoms with E-state index in [1.807, 2.05) is 26.1 Å². The average Bonchev–Trinajstić information content (AvgIpc) is 3.00. The Morgan fingerprint density at radius 3 is 2.58 bits per heavy atom. The molecule has 0 amide bonds. The average molecular weight is 257 g/mol. The van der Waals surface area contributed by atoms with Gasteiger partial charge in [0.25, 0.3) is 0 Å². The third-order valence-electron chi connectivity index (χ3n) is 3.65. The molecule has 1 N–H and O–H groups in total. The number of nitrogens with one attached hydrogen (secondary N) is 1. The molecule has 0 aliphatic heterocycles. The van der Waals surface area contributed by atoms with Crippen LogP contribution >= 0.6 is 0 Å². The number of aromatic nitrogens is 2. The minimum Gasteiger partial charge on any atom is -0.446 e. The summed E-state index contributed by atoms with van der Waals surface area (Å²) in [7, 11) is 0. The van der Waals surface area contributed by atoms with E-state index < -0.39 is 0 Å². The Morgan fingerprint density at radius 2 is 2.00 bits per heavy atom. The van der Waals surface area contributed by atoms with Crippen molar-refractivity contribution >= 4 is 5.82 Å². The molecule has 1 aliphatic rings. The van der Waals surface area contributed by atoms with Crippen molar-refractivity contribution in [3.8, 4) is 11.3 Å². The lowest BCUT2D eigenvalue weighted by molar-refractivity contribution is 0.495. The van der Waals surface area contributed by atoms with Crippen molar-refractivity contribution < 1.29 is 4.42 Å². The Hall–Kier alpha value is -1.84. The van der Waals surface area contributed by atoms with Gasteiger partial charge >= 0.3 is 0 Å². The molecule has 19 heavy (non-hydrogen) atoms. The van der Waals surface area contributed by atoms with Crippen LogP contribution in [0.1, 0.15) is 37.3 Å². The quantitative estimate of drug-likeness (QED) is 0.910. The van der Waals surface area contributed by atoms with Crippen LogP contribution in [0.15, 0.2) is 22.7 Å². The van der Waals surface area contributed by atoms with E-state index in [4.69, 9.17) is 4.42 Å². The molecule has 2 aromatic heterocycles. The molecular formula is C15H19N3O. The van der Waals surface area contributed by atoms with Gasteiger partial charge in [-0.1, -0.05) is 12.8 Å². The van der Waals surface area contributed by atoms with Crippen LogP contribution in [0.5, 0.6) is 0 Å². The van der Waals surface area contributed by atoms with Gasteiger partial charge in [-0.25, -0.2) is 9.97 Å². The summed E-state index contributed by atoms with van der Waals surface area (Å²) in [6, 6.07) is 4.67. The van der Waals surface area contributed by atoms with Crippen molar-refractivity contribution in [3.05, 3.63) is 30.0 Å². The Balaban J connectivity index is 1.76. The molecule has 2 heterocycles. The monoisotopic (exact) mass is 257 g/mol. The molecule has 0 aromatic carbocycles. The lowest BCUT2D eigenvalue weighted by Crippen LogP contribution is -2.15. The van der Waals surface area contributed by atoms with Gasteiger partial charge in [-0.15, -0.1) is 0 Å². The zero-order chi connectivity index (χ0) is 13.2. The van der Waals surface area contributed by atoms with E-state index >= 15 is 0 Å². The van der Waals surface area contributed by atoms with Gasteiger partial charge in [-0.05, 0) is 31.9 Å². The highest BCUT2D eigenvalue weighted by Gasteiger charge is 2.15. The highest BCUT2D eigenvalue weighted by atomic mass is 16.4. The number of aryl methyl sites for hydroxylation is 2. The van der Waals surface area contributed by atoms with Gasteiger partial charge in [0.2, 0.25) is 0 Å². The second kappa shape index (κ2) is 5.03. The zero-order valence-electron chi connectivity index (χ0n) is 11.4. The second-order valence-electron chi connectivity index (χ2n) is 5.20. The molecule has 4 nitrogen and oxygen atoms in total. The number of pyridine rings is 1. The lowest BCUT2D eigenvalue weighted by Gasteiger charge is -2.12. The molecular weight excluding hydrogens is 238 g/mol. The maximum absolute atomic E-state index is 5.45. The van der Waals surface area contributed by atoms with Gasteiger partial charge in [0.05, 0.1) is 0 Å². The van der Waals surface area contributed by atoms with Crippen LogP contribution in [0.4, 0.5) is 5.82 Å². The summed E-state index contributed by atoms with van der Waals surface area (Å²) < 4.78 is 5.45. The topological polar surface area (TPSA) is 51.0 Å². The first-order valence-corrected chi connectivity index (χ1v) is 6.89. The summed E-state index contributed by atoms with van der Waals surface area (Å²) in [6.07, 6.45) is 7.03. The van der Waals surface area contributed by atoms with E-state index in [0.29, 0.717) is 11.9 Å². The van der Waals surface area contributed by atoms with E-state index in [9.17, 15) is 0 Å². The molecule has 1 aliphatic carbocycles. The van der Waals surface area contributed by atoms with Crippen LogP contribution in [-0.4, -0.2) is 16.0 Å². The van der Waals surface area contributed by atoms with Gasteiger partial charge in [0.15, 0.2) is 5.89 Å². The smallest absolute Gasteiger partial charge is 0.191 e. The minimum atomic E-state index is 0.592. The molecule has 0 atom stereocenters. The number of hydrogen-bond acceptors (Lipinski definition) is 4. The van der Waals surface area contributed by atoms with E-state index in [0.717, 1.165) is 22.8 Å². The summed E-state index contributed by atoms with van der Waals surface area (Å²) in [5.41, 5.74) is 1.89. The summed E-state index contributed by atoms with van der Waals surface area (Å²) >= 11 is 0. The molecule has 0 unspecified atom stereocenters. The maximum atomic E-state index is 5.45. The van der Waals surface area contributed by atoms with Crippen LogP contribution in [0, 0.1) is 13.8 Å². The summed E-state index contributed by atoms with van der Waals surface area (Å²) in [5.74, 6) is 2.49. The van der Waals surface area contributed by atoms with Gasteiger partial charge in [-0.3, -0.25) is 0 Å². The first-order chi connectivity index (χ1) is 9.22. The standard InChI is InChI=1S/C15H19N3O/c1-10-15(17-11(2)19-10)12-7-8-14(16-9-12)18-13-5-3-4-6-13/h7-9,13H,3-6H2,1-2H3,(H,16,18). The molecule has 1 fully saturated rings. The highest BCUT2D eigenvalue weighted by Crippen LogP contribution is 2.25. The molecule has 1 saturated carbocycles. The highest BCUT2D eigenvalue weighted by molar-refractivity contribution is 5.61. The van der Waals surface area contributed by atoms with Gasteiger partial charge in [0, 0.05) is 24.7 Å². The van der Waals surface area contributed by atoms with E-state index in [2.05, 4.69) is 21.4 Å². The summed E-state index contributed by atoms with van der Waals surface area (Å²) in [5, 5.41) is 3.48. The van der Waals surface area contributed by atoms with Crippen molar-refractivity contribution in [2.24, 2.45) is 0 Å². The maximum Gasteiger partial charge on any atom is 0.191 e. The number of rotatable bonds is 3. The SMILES string of the molecule is Cc1nc(-c2ccc(NC3CCCC3)nc2)c(C)o1. The fraction of sp³-hybridized carbons (Fsp3) is 0.467. The van der Waals surface area contributed by atoms with Crippen LogP contribution in [0.2, 0.25) is 0 Å². The largest absolute Gasteiger partial charge is 0.446 e. The van der Waals surface area contributed by atoms with Crippen molar-refractivity contribution in [3.63, 3.8) is 0 Å². The predicted molar refractivity (Wildman–Crippen MR) is 75.1 cm³/mol. The molecule has 3 rings (SSSR count). The van der Waals surface area contributed by atoms with E-state index in [1.54, 1.807) is 0 Å². The first kappa shape index (κ1) is 12.2. The van der Waals surface area contributed by atoms with Crippen LogP contribution in [0.3, 0.4) is 0 Å². The molecule has 100 valence electrons. The summed E-state index contributed by atoms with van der Waals surface area (Å²) in [4.78, 5) is 8.86. The fourth-order valence-electron chi connectivity index (χ4n) is 2.70.